The maximum Gasteiger partial charge on any atom is -0.0181 e. The average Bonchev–Trinajstić information content (AvgIpc) is 2.49. The molecule has 0 saturated carbocycles. The van der Waals surface area contributed by atoms with Crippen LogP contribution in [0.1, 0.15) is 89.2 Å². The van der Waals surface area contributed by atoms with E-state index >= 15 is 0 Å². The fourth-order valence-electron chi connectivity index (χ4n) is 2.87. The summed E-state index contributed by atoms with van der Waals surface area (Å²) in [7, 11) is 0. The Morgan fingerprint density at radius 3 is 1.95 bits per heavy atom. The van der Waals surface area contributed by atoms with Crippen molar-refractivity contribution in [2.45, 2.75) is 90.9 Å². The van der Waals surface area contributed by atoms with Gasteiger partial charge >= 0.3 is 0 Å². The predicted octanol–water partition coefficient (Wildman–Crippen LogP) is 6.51. The number of unbranched alkanes of at least 4 members (excludes halogenated alkanes) is 9. The third-order valence-corrected chi connectivity index (χ3v) is 4.23. The molecule has 0 aliphatic rings. The topological polar surface area (TPSA) is 0 Å². The summed E-state index contributed by atoms with van der Waals surface area (Å²) < 4.78 is 0. The first kappa shape index (κ1) is 17.3. The molecular formula is C20H33. The van der Waals surface area contributed by atoms with Crippen molar-refractivity contribution in [2.24, 2.45) is 0 Å². The van der Waals surface area contributed by atoms with E-state index in [-0.39, 0.29) is 0 Å². The normalized spacial score (nSPS) is 10.9. The van der Waals surface area contributed by atoms with Gasteiger partial charge in [-0.2, -0.15) is 0 Å². The highest BCUT2D eigenvalue weighted by molar-refractivity contribution is 5.26. The van der Waals surface area contributed by atoms with E-state index in [4.69, 9.17) is 0 Å². The van der Waals surface area contributed by atoms with Gasteiger partial charge in [0.1, 0.15) is 0 Å². The summed E-state index contributed by atoms with van der Waals surface area (Å²) in [6, 6.07) is 9.67. The van der Waals surface area contributed by atoms with Gasteiger partial charge in [0, 0.05) is 0 Å². The summed E-state index contributed by atoms with van der Waals surface area (Å²) in [5.74, 6) is 0. The minimum atomic E-state index is 1.14. The molecule has 0 heterocycles. The molecule has 0 fully saturated rings. The number of hydrogen-bond acceptors (Lipinski definition) is 0. The fraction of sp³-hybridized carbons (Fsp3) is 0.700. The van der Waals surface area contributed by atoms with E-state index < -0.39 is 0 Å². The molecule has 20 heavy (non-hydrogen) atoms. The van der Waals surface area contributed by atoms with E-state index in [1.54, 1.807) is 5.56 Å². The van der Waals surface area contributed by atoms with Crippen LogP contribution in [0.25, 0.3) is 0 Å². The first-order valence-corrected chi connectivity index (χ1v) is 8.86. The minimum Gasteiger partial charge on any atom is -0.0654 e. The Balaban J connectivity index is 1.97. The van der Waals surface area contributed by atoms with E-state index in [1.807, 2.05) is 0 Å². The van der Waals surface area contributed by atoms with Gasteiger partial charge in [0.05, 0.1) is 0 Å². The van der Waals surface area contributed by atoms with Gasteiger partial charge in [0.15, 0.2) is 0 Å². The van der Waals surface area contributed by atoms with Gasteiger partial charge < -0.3 is 0 Å². The summed E-state index contributed by atoms with van der Waals surface area (Å²) in [5.41, 5.74) is 3.04. The van der Waals surface area contributed by atoms with Crippen molar-refractivity contribution in [3.63, 3.8) is 0 Å². The van der Waals surface area contributed by atoms with Crippen LogP contribution in [-0.2, 0) is 12.8 Å². The zero-order chi connectivity index (χ0) is 14.5. The second-order valence-corrected chi connectivity index (χ2v) is 5.98. The number of hydrogen-bond donors (Lipinski definition) is 0. The van der Waals surface area contributed by atoms with Crippen molar-refractivity contribution < 1.29 is 0 Å². The molecule has 0 aromatic heterocycles. The molecule has 0 atom stereocenters. The number of rotatable bonds is 12. The smallest absolute Gasteiger partial charge is 0.0181 e. The molecule has 1 rings (SSSR count). The molecule has 1 aromatic rings. The highest BCUT2D eigenvalue weighted by atomic mass is 14.0. The lowest BCUT2D eigenvalue weighted by Gasteiger charge is -2.07. The highest BCUT2D eigenvalue weighted by Crippen LogP contribution is 2.15. The molecule has 0 heteroatoms. The Morgan fingerprint density at radius 2 is 1.35 bits per heavy atom. The SMILES string of the molecule is CCCCCCCCCCCCc1cc[c]cc1CC. The Hall–Kier alpha value is -0.780. The molecule has 0 nitrogen and oxygen atoms in total. The average molecular weight is 273 g/mol. The van der Waals surface area contributed by atoms with Crippen molar-refractivity contribution in [2.75, 3.05) is 0 Å². The zero-order valence-corrected chi connectivity index (χ0v) is 13.7. The van der Waals surface area contributed by atoms with Crippen LogP contribution in [0, 0.1) is 6.07 Å². The first-order valence-electron chi connectivity index (χ1n) is 8.86. The summed E-state index contributed by atoms with van der Waals surface area (Å²) in [4.78, 5) is 0. The van der Waals surface area contributed by atoms with Gasteiger partial charge in [-0.25, -0.2) is 0 Å². The Morgan fingerprint density at radius 1 is 0.750 bits per heavy atom. The first-order chi connectivity index (χ1) is 9.88. The predicted molar refractivity (Wildman–Crippen MR) is 90.2 cm³/mol. The molecular weight excluding hydrogens is 240 g/mol. The summed E-state index contributed by atoms with van der Waals surface area (Å²) >= 11 is 0. The van der Waals surface area contributed by atoms with Crippen molar-refractivity contribution in [1.82, 2.24) is 0 Å². The van der Waals surface area contributed by atoms with E-state index in [0.29, 0.717) is 0 Å². The van der Waals surface area contributed by atoms with Gasteiger partial charge in [0.2, 0.25) is 0 Å². The second-order valence-electron chi connectivity index (χ2n) is 5.98. The largest absolute Gasteiger partial charge is 0.0654 e. The fourth-order valence-corrected chi connectivity index (χ4v) is 2.87. The standard InChI is InChI=1S/C20H33/c1-3-5-6-7-8-9-10-11-12-13-17-20-18-15-14-16-19(20)4-2/h15-16,18H,3-13,17H2,1-2H3. The van der Waals surface area contributed by atoms with Crippen LogP contribution < -0.4 is 0 Å². The van der Waals surface area contributed by atoms with Crippen molar-refractivity contribution in [1.29, 1.82) is 0 Å². The van der Waals surface area contributed by atoms with Crippen LogP contribution in [0.2, 0.25) is 0 Å². The van der Waals surface area contributed by atoms with Crippen LogP contribution in [0.5, 0.6) is 0 Å². The molecule has 0 saturated heterocycles. The maximum atomic E-state index is 3.19. The highest BCUT2D eigenvalue weighted by Gasteiger charge is 1.99. The van der Waals surface area contributed by atoms with Crippen LogP contribution in [0.4, 0.5) is 0 Å². The molecule has 0 spiro atoms. The molecule has 1 radical (unpaired) electrons. The van der Waals surface area contributed by atoms with Gasteiger partial charge in [-0.05, 0) is 36.5 Å². The lowest BCUT2D eigenvalue weighted by Crippen LogP contribution is -1.93. The maximum absolute atomic E-state index is 3.19. The van der Waals surface area contributed by atoms with Gasteiger partial charge in [-0.3, -0.25) is 0 Å². The Kier molecular flexibility index (Phi) is 10.4. The number of aryl methyl sites for hydroxylation is 2. The van der Waals surface area contributed by atoms with E-state index in [2.05, 4.69) is 38.1 Å². The third-order valence-electron chi connectivity index (χ3n) is 4.23. The van der Waals surface area contributed by atoms with Crippen molar-refractivity contribution in [3.8, 4) is 0 Å². The quantitative estimate of drug-likeness (QED) is 0.381. The molecule has 0 aliphatic carbocycles. The van der Waals surface area contributed by atoms with Crippen LogP contribution in [0.3, 0.4) is 0 Å². The van der Waals surface area contributed by atoms with E-state index in [9.17, 15) is 0 Å². The Bertz CT molecular complexity index is 327. The van der Waals surface area contributed by atoms with E-state index in [1.165, 1.54) is 76.2 Å². The Labute approximate surface area is 127 Å². The molecule has 0 unspecified atom stereocenters. The molecule has 0 N–H and O–H groups in total. The monoisotopic (exact) mass is 273 g/mol. The summed E-state index contributed by atoms with van der Waals surface area (Å²) in [5, 5.41) is 0. The zero-order valence-electron chi connectivity index (χ0n) is 13.7. The number of benzene rings is 1. The summed E-state index contributed by atoms with van der Waals surface area (Å²) in [6.07, 6.45) is 16.6. The van der Waals surface area contributed by atoms with Crippen LogP contribution >= 0.6 is 0 Å². The molecule has 1 aromatic carbocycles. The third kappa shape index (κ3) is 7.72. The van der Waals surface area contributed by atoms with Crippen LogP contribution in [-0.4, -0.2) is 0 Å². The van der Waals surface area contributed by atoms with Crippen molar-refractivity contribution >= 4 is 0 Å². The molecule has 0 bridgehead atoms. The molecule has 113 valence electrons. The minimum absolute atomic E-state index is 1.14. The second kappa shape index (κ2) is 12.0. The van der Waals surface area contributed by atoms with Crippen molar-refractivity contribution in [3.05, 3.63) is 35.4 Å². The molecule has 0 amide bonds. The van der Waals surface area contributed by atoms with E-state index in [0.717, 1.165) is 6.42 Å². The molecule has 0 aliphatic heterocycles. The lowest BCUT2D eigenvalue weighted by molar-refractivity contribution is 0.556. The lowest BCUT2D eigenvalue weighted by atomic mass is 9.99. The van der Waals surface area contributed by atoms with Gasteiger partial charge in [0.25, 0.3) is 0 Å². The van der Waals surface area contributed by atoms with Crippen LogP contribution in [0.15, 0.2) is 18.2 Å². The van der Waals surface area contributed by atoms with Gasteiger partial charge in [-0.1, -0.05) is 89.8 Å². The summed E-state index contributed by atoms with van der Waals surface area (Å²) in [6.45, 7) is 4.53. The van der Waals surface area contributed by atoms with Gasteiger partial charge in [-0.15, -0.1) is 0 Å².